The standard InChI is InChI=1S/C13H8Cl2O2S/c14-9-1-5-11(6-2-9)16-13(18)17-12-7-3-10(15)4-8-12/h1-8H. The number of hydrogen-bond donors (Lipinski definition) is 0. The van der Waals surface area contributed by atoms with Crippen molar-refractivity contribution in [3.05, 3.63) is 58.6 Å². The van der Waals surface area contributed by atoms with Crippen LogP contribution in [0.1, 0.15) is 0 Å². The van der Waals surface area contributed by atoms with Crippen molar-refractivity contribution in [2.24, 2.45) is 0 Å². The Bertz CT molecular complexity index is 488. The first-order valence-electron chi connectivity index (χ1n) is 5.04. The quantitative estimate of drug-likeness (QED) is 0.746. The molecule has 0 atom stereocenters. The summed E-state index contributed by atoms with van der Waals surface area (Å²) in [6.45, 7) is 0. The van der Waals surface area contributed by atoms with Gasteiger partial charge in [0.15, 0.2) is 0 Å². The summed E-state index contributed by atoms with van der Waals surface area (Å²) in [5.41, 5.74) is 0. The smallest absolute Gasteiger partial charge is 0.363 e. The van der Waals surface area contributed by atoms with Gasteiger partial charge in [-0.05, 0) is 48.5 Å². The molecule has 5 heteroatoms. The molecular formula is C13H8Cl2O2S. The molecule has 0 heterocycles. The van der Waals surface area contributed by atoms with E-state index in [-0.39, 0.29) is 5.24 Å². The highest BCUT2D eigenvalue weighted by Gasteiger charge is 2.03. The van der Waals surface area contributed by atoms with Gasteiger partial charge in [-0.2, -0.15) is 0 Å². The largest absolute Gasteiger partial charge is 0.417 e. The van der Waals surface area contributed by atoms with E-state index in [4.69, 9.17) is 44.9 Å². The van der Waals surface area contributed by atoms with Crippen LogP contribution in [0.4, 0.5) is 0 Å². The molecule has 2 aromatic carbocycles. The van der Waals surface area contributed by atoms with Crippen LogP contribution in [0, 0.1) is 0 Å². The van der Waals surface area contributed by atoms with E-state index in [2.05, 4.69) is 0 Å². The van der Waals surface area contributed by atoms with E-state index in [1.165, 1.54) is 0 Å². The fraction of sp³-hybridized carbons (Fsp3) is 0. The normalized spacial score (nSPS) is 9.89. The Morgan fingerprint density at radius 1 is 0.722 bits per heavy atom. The summed E-state index contributed by atoms with van der Waals surface area (Å²) in [6, 6.07) is 13.7. The zero-order valence-electron chi connectivity index (χ0n) is 9.10. The van der Waals surface area contributed by atoms with Crippen LogP contribution in [-0.2, 0) is 0 Å². The average molecular weight is 299 g/mol. The predicted octanol–water partition coefficient (Wildman–Crippen LogP) is 4.74. The van der Waals surface area contributed by atoms with Crippen molar-refractivity contribution in [3.8, 4) is 11.5 Å². The summed E-state index contributed by atoms with van der Waals surface area (Å²) in [4.78, 5) is 0. The first-order chi connectivity index (χ1) is 8.63. The highest BCUT2D eigenvalue weighted by Crippen LogP contribution is 2.18. The summed E-state index contributed by atoms with van der Waals surface area (Å²) in [5, 5.41) is 1.28. The van der Waals surface area contributed by atoms with Crippen molar-refractivity contribution < 1.29 is 9.47 Å². The Hall–Kier alpha value is -1.29. The Morgan fingerprint density at radius 3 is 1.39 bits per heavy atom. The SMILES string of the molecule is S=C(Oc1ccc(Cl)cc1)Oc1ccc(Cl)cc1. The topological polar surface area (TPSA) is 18.5 Å². The number of hydrogen-bond acceptors (Lipinski definition) is 3. The fourth-order valence-electron chi connectivity index (χ4n) is 1.22. The molecule has 0 radical (unpaired) electrons. The maximum Gasteiger partial charge on any atom is 0.363 e. The van der Waals surface area contributed by atoms with Crippen molar-refractivity contribution in [3.63, 3.8) is 0 Å². The van der Waals surface area contributed by atoms with Crippen LogP contribution in [-0.4, -0.2) is 5.24 Å². The third-order valence-corrected chi connectivity index (χ3v) is 2.70. The van der Waals surface area contributed by atoms with Crippen LogP contribution >= 0.6 is 35.4 Å². The Labute approximate surface area is 120 Å². The molecule has 0 aliphatic heterocycles. The van der Waals surface area contributed by atoms with Gasteiger partial charge in [-0.25, -0.2) is 0 Å². The maximum atomic E-state index is 5.76. The van der Waals surface area contributed by atoms with Gasteiger partial charge in [0.25, 0.3) is 0 Å². The van der Waals surface area contributed by atoms with Crippen molar-refractivity contribution >= 4 is 40.7 Å². The number of halogens is 2. The van der Waals surface area contributed by atoms with E-state index in [0.29, 0.717) is 21.5 Å². The van der Waals surface area contributed by atoms with E-state index < -0.39 is 0 Å². The highest BCUT2D eigenvalue weighted by atomic mass is 35.5. The first kappa shape index (κ1) is 13.1. The van der Waals surface area contributed by atoms with Crippen LogP contribution in [0.3, 0.4) is 0 Å². The lowest BCUT2D eigenvalue weighted by Gasteiger charge is -2.08. The molecule has 0 amide bonds. The van der Waals surface area contributed by atoms with Crippen molar-refractivity contribution in [2.45, 2.75) is 0 Å². The Balaban J connectivity index is 1.96. The van der Waals surface area contributed by atoms with Gasteiger partial charge in [0.2, 0.25) is 0 Å². The molecule has 0 saturated carbocycles. The zero-order valence-corrected chi connectivity index (χ0v) is 11.4. The summed E-state index contributed by atoms with van der Waals surface area (Å²) < 4.78 is 10.6. The third-order valence-electron chi connectivity index (χ3n) is 2.03. The van der Waals surface area contributed by atoms with Gasteiger partial charge < -0.3 is 9.47 Å². The summed E-state index contributed by atoms with van der Waals surface area (Å²) in [7, 11) is 0. The van der Waals surface area contributed by atoms with Gasteiger partial charge in [-0.3, -0.25) is 0 Å². The Kier molecular flexibility index (Phi) is 4.42. The van der Waals surface area contributed by atoms with Crippen molar-refractivity contribution in [1.29, 1.82) is 0 Å². The zero-order chi connectivity index (χ0) is 13.0. The second-order valence-corrected chi connectivity index (χ2v) is 4.57. The number of rotatable bonds is 2. The van der Waals surface area contributed by atoms with E-state index >= 15 is 0 Å². The molecule has 2 rings (SSSR count). The molecule has 0 aromatic heterocycles. The minimum absolute atomic E-state index is 0.0136. The second-order valence-electron chi connectivity index (χ2n) is 3.36. The Morgan fingerprint density at radius 2 is 1.06 bits per heavy atom. The van der Waals surface area contributed by atoms with E-state index in [9.17, 15) is 0 Å². The maximum absolute atomic E-state index is 5.76. The van der Waals surface area contributed by atoms with E-state index in [1.54, 1.807) is 48.5 Å². The molecule has 0 bridgehead atoms. The fourth-order valence-corrected chi connectivity index (χ4v) is 1.66. The molecular weight excluding hydrogens is 291 g/mol. The van der Waals surface area contributed by atoms with Gasteiger partial charge in [-0.1, -0.05) is 23.2 Å². The number of thiocarbonyl (C=S) groups is 1. The average Bonchev–Trinajstić information content (AvgIpc) is 2.35. The lowest BCUT2D eigenvalue weighted by molar-refractivity contribution is 0.403. The molecule has 2 aromatic rings. The minimum Gasteiger partial charge on any atom is -0.417 e. The molecule has 0 fully saturated rings. The van der Waals surface area contributed by atoms with Crippen LogP contribution in [0.25, 0.3) is 0 Å². The summed E-state index contributed by atoms with van der Waals surface area (Å²) in [6.07, 6.45) is 0. The first-order valence-corrected chi connectivity index (χ1v) is 6.21. The van der Waals surface area contributed by atoms with Gasteiger partial charge in [0.05, 0.1) is 0 Å². The number of ether oxygens (including phenoxy) is 2. The van der Waals surface area contributed by atoms with Crippen LogP contribution in [0.5, 0.6) is 11.5 Å². The summed E-state index contributed by atoms with van der Waals surface area (Å²) in [5.74, 6) is 1.14. The van der Waals surface area contributed by atoms with Crippen LogP contribution in [0.15, 0.2) is 48.5 Å². The predicted molar refractivity (Wildman–Crippen MR) is 76.8 cm³/mol. The lowest BCUT2D eigenvalue weighted by Crippen LogP contribution is -2.13. The van der Waals surface area contributed by atoms with Crippen molar-refractivity contribution in [1.82, 2.24) is 0 Å². The molecule has 0 N–H and O–H groups in total. The van der Waals surface area contributed by atoms with E-state index in [0.717, 1.165) is 0 Å². The monoisotopic (exact) mass is 298 g/mol. The summed E-state index contributed by atoms with van der Waals surface area (Å²) >= 11 is 16.5. The third kappa shape index (κ3) is 3.88. The molecule has 18 heavy (non-hydrogen) atoms. The minimum atomic E-state index is 0.0136. The molecule has 0 unspecified atom stereocenters. The molecule has 0 saturated heterocycles. The van der Waals surface area contributed by atoms with Gasteiger partial charge in [-0.15, -0.1) is 0 Å². The number of benzene rings is 2. The lowest BCUT2D eigenvalue weighted by atomic mass is 10.3. The molecule has 2 nitrogen and oxygen atoms in total. The van der Waals surface area contributed by atoms with Gasteiger partial charge >= 0.3 is 5.24 Å². The molecule has 0 aliphatic carbocycles. The van der Waals surface area contributed by atoms with Gasteiger partial charge in [0, 0.05) is 22.3 Å². The van der Waals surface area contributed by atoms with E-state index in [1.807, 2.05) is 0 Å². The van der Waals surface area contributed by atoms with Crippen LogP contribution < -0.4 is 9.47 Å². The highest BCUT2D eigenvalue weighted by molar-refractivity contribution is 7.79. The molecule has 0 aliphatic rings. The van der Waals surface area contributed by atoms with Gasteiger partial charge in [0.1, 0.15) is 11.5 Å². The second kappa shape index (κ2) is 6.05. The van der Waals surface area contributed by atoms with Crippen LogP contribution in [0.2, 0.25) is 10.0 Å². The molecule has 0 spiro atoms. The van der Waals surface area contributed by atoms with Crippen molar-refractivity contribution in [2.75, 3.05) is 0 Å². The molecule has 92 valence electrons.